The number of nitrogens with zero attached hydrogens (tertiary/aromatic N) is 2. The molecule has 1 amide bonds. The number of rotatable bonds is 5. The van der Waals surface area contributed by atoms with Gasteiger partial charge in [-0.05, 0) is 32.3 Å². The predicted octanol–water partition coefficient (Wildman–Crippen LogP) is 1.90. The van der Waals surface area contributed by atoms with Crippen LogP contribution >= 0.6 is 0 Å². The number of nitro benzene ring substituents is 1. The summed E-state index contributed by atoms with van der Waals surface area (Å²) in [5, 5.41) is 13.6. The fourth-order valence-electron chi connectivity index (χ4n) is 2.68. The maximum absolute atomic E-state index is 12.5. The van der Waals surface area contributed by atoms with Gasteiger partial charge in [-0.2, -0.15) is 0 Å². The normalized spacial score (nSPS) is 19.0. The van der Waals surface area contributed by atoms with Gasteiger partial charge in [0.25, 0.3) is 5.69 Å². The van der Waals surface area contributed by atoms with E-state index in [1.165, 1.54) is 16.4 Å². The van der Waals surface area contributed by atoms with Crippen molar-refractivity contribution in [3.8, 4) is 0 Å². The molecular formula is C15H21N3O5S. The Morgan fingerprint density at radius 1 is 1.46 bits per heavy atom. The fourth-order valence-corrected chi connectivity index (χ4v) is 3.86. The smallest absolute Gasteiger partial charge is 0.271 e. The van der Waals surface area contributed by atoms with Crippen molar-refractivity contribution in [3.63, 3.8) is 0 Å². The zero-order valence-corrected chi connectivity index (χ0v) is 14.5. The Morgan fingerprint density at radius 3 is 2.79 bits per heavy atom. The molecule has 1 aliphatic rings. The molecule has 0 radical (unpaired) electrons. The highest BCUT2D eigenvalue weighted by atomic mass is 32.2. The predicted molar refractivity (Wildman–Crippen MR) is 90.2 cm³/mol. The van der Waals surface area contributed by atoms with Gasteiger partial charge in [-0.1, -0.05) is 6.07 Å². The molecule has 9 heteroatoms. The van der Waals surface area contributed by atoms with Gasteiger partial charge in [0.1, 0.15) is 0 Å². The molecule has 8 nitrogen and oxygen atoms in total. The van der Waals surface area contributed by atoms with E-state index in [-0.39, 0.29) is 23.9 Å². The number of nitrogens with one attached hydrogen (secondary N) is 1. The molecule has 1 aromatic carbocycles. The third kappa shape index (κ3) is 4.09. The van der Waals surface area contributed by atoms with Crippen molar-refractivity contribution in [1.29, 1.82) is 0 Å². The number of aryl methyl sites for hydroxylation is 1. The van der Waals surface area contributed by atoms with Crippen LogP contribution in [-0.2, 0) is 14.8 Å². The topological polar surface area (TPSA) is 110 Å². The number of hydrogen-bond donors (Lipinski definition) is 1. The molecule has 1 N–H and O–H groups in total. The summed E-state index contributed by atoms with van der Waals surface area (Å²) in [6.45, 7) is 3.89. The molecule has 1 saturated heterocycles. The number of sulfonamides is 1. The maximum atomic E-state index is 12.5. The van der Waals surface area contributed by atoms with Gasteiger partial charge in [0.05, 0.1) is 22.3 Å². The lowest BCUT2D eigenvalue weighted by Crippen LogP contribution is -2.44. The summed E-state index contributed by atoms with van der Waals surface area (Å²) in [6, 6.07) is 4.26. The molecule has 1 heterocycles. The molecule has 1 aliphatic heterocycles. The third-order valence-corrected chi connectivity index (χ3v) is 6.05. The lowest BCUT2D eigenvalue weighted by atomic mass is 9.98. The Morgan fingerprint density at radius 2 is 2.17 bits per heavy atom. The number of carbonyl (C=O) groups is 1. The number of piperidine rings is 1. The molecule has 1 fully saturated rings. The molecule has 0 bridgehead atoms. The number of hydrogen-bond acceptors (Lipinski definition) is 5. The zero-order chi connectivity index (χ0) is 17.9. The monoisotopic (exact) mass is 355 g/mol. The van der Waals surface area contributed by atoms with Crippen molar-refractivity contribution >= 4 is 27.3 Å². The first-order valence-corrected chi connectivity index (χ1v) is 9.39. The first-order valence-electron chi connectivity index (χ1n) is 7.78. The Kier molecular flexibility index (Phi) is 5.55. The van der Waals surface area contributed by atoms with Crippen molar-refractivity contribution in [3.05, 3.63) is 33.9 Å². The van der Waals surface area contributed by atoms with Crippen LogP contribution in [0.25, 0.3) is 0 Å². The Labute approximate surface area is 141 Å². The molecule has 0 aliphatic carbocycles. The standard InChI is InChI=1S/C15H21N3O5S/c1-3-24(22,23)17-8-4-5-12(10-17)15(19)16-14-9-13(18(20)21)7-6-11(14)2/h6-7,9,12H,3-5,8,10H2,1-2H3,(H,16,19)/t12-/m0/s1. The van der Waals surface area contributed by atoms with Gasteiger partial charge in [0.2, 0.25) is 15.9 Å². The first-order chi connectivity index (χ1) is 11.2. The summed E-state index contributed by atoms with van der Waals surface area (Å²) in [4.78, 5) is 22.8. The van der Waals surface area contributed by atoms with Crippen molar-refractivity contribution in [2.45, 2.75) is 26.7 Å². The van der Waals surface area contributed by atoms with Crippen LogP contribution in [0, 0.1) is 23.0 Å². The number of nitro groups is 1. The number of benzene rings is 1. The van der Waals surface area contributed by atoms with Crippen LogP contribution < -0.4 is 5.32 Å². The van der Waals surface area contributed by atoms with Crippen LogP contribution in [-0.4, -0.2) is 42.4 Å². The Hall–Kier alpha value is -2.00. The van der Waals surface area contributed by atoms with E-state index in [0.717, 1.165) is 0 Å². The van der Waals surface area contributed by atoms with E-state index in [0.29, 0.717) is 30.6 Å². The minimum absolute atomic E-state index is 0.00528. The molecule has 0 unspecified atom stereocenters. The van der Waals surface area contributed by atoms with Crippen LogP contribution in [0.2, 0.25) is 0 Å². The van der Waals surface area contributed by atoms with Crippen LogP contribution in [0.1, 0.15) is 25.3 Å². The van der Waals surface area contributed by atoms with Crippen molar-refractivity contribution in [2.75, 3.05) is 24.2 Å². The molecule has 132 valence electrons. The largest absolute Gasteiger partial charge is 0.325 e. The van der Waals surface area contributed by atoms with Gasteiger partial charge in [0.15, 0.2) is 0 Å². The summed E-state index contributed by atoms with van der Waals surface area (Å²) >= 11 is 0. The average molecular weight is 355 g/mol. The van der Waals surface area contributed by atoms with Crippen molar-refractivity contribution in [2.24, 2.45) is 5.92 Å². The fraction of sp³-hybridized carbons (Fsp3) is 0.533. The Balaban J connectivity index is 2.12. The van der Waals surface area contributed by atoms with E-state index >= 15 is 0 Å². The molecule has 24 heavy (non-hydrogen) atoms. The second-order valence-electron chi connectivity index (χ2n) is 5.84. The summed E-state index contributed by atoms with van der Waals surface area (Å²) < 4.78 is 25.3. The zero-order valence-electron chi connectivity index (χ0n) is 13.7. The molecule has 2 rings (SSSR count). The second-order valence-corrected chi connectivity index (χ2v) is 8.10. The van der Waals surface area contributed by atoms with Gasteiger partial charge in [-0.3, -0.25) is 14.9 Å². The highest BCUT2D eigenvalue weighted by Gasteiger charge is 2.31. The lowest BCUT2D eigenvalue weighted by Gasteiger charge is -2.31. The number of anilines is 1. The van der Waals surface area contributed by atoms with E-state index in [1.54, 1.807) is 19.9 Å². The summed E-state index contributed by atoms with van der Waals surface area (Å²) in [5.41, 5.74) is 0.988. The van der Waals surface area contributed by atoms with E-state index < -0.39 is 20.9 Å². The number of amides is 1. The quantitative estimate of drug-likeness (QED) is 0.641. The highest BCUT2D eigenvalue weighted by molar-refractivity contribution is 7.89. The molecule has 0 saturated carbocycles. The van der Waals surface area contributed by atoms with E-state index in [2.05, 4.69) is 5.32 Å². The average Bonchev–Trinajstić information content (AvgIpc) is 2.56. The SMILES string of the molecule is CCS(=O)(=O)N1CCC[C@H](C(=O)Nc2cc([N+](=O)[O-])ccc2C)C1. The van der Waals surface area contributed by atoms with Crippen molar-refractivity contribution in [1.82, 2.24) is 4.31 Å². The summed E-state index contributed by atoms with van der Waals surface area (Å²) in [5.74, 6) is -0.765. The van der Waals surface area contributed by atoms with Crippen LogP contribution in [0.15, 0.2) is 18.2 Å². The van der Waals surface area contributed by atoms with Crippen molar-refractivity contribution < 1.29 is 18.1 Å². The first kappa shape index (κ1) is 18.3. The van der Waals surface area contributed by atoms with Gasteiger partial charge in [-0.15, -0.1) is 0 Å². The van der Waals surface area contributed by atoms with Gasteiger partial charge < -0.3 is 5.32 Å². The summed E-state index contributed by atoms with van der Waals surface area (Å²) in [7, 11) is -3.32. The number of carbonyl (C=O) groups excluding carboxylic acids is 1. The van der Waals surface area contributed by atoms with Crippen LogP contribution in [0.3, 0.4) is 0 Å². The molecule has 0 spiro atoms. The molecule has 1 atom stereocenters. The van der Waals surface area contributed by atoms with Crippen LogP contribution in [0.4, 0.5) is 11.4 Å². The van der Waals surface area contributed by atoms with Crippen LogP contribution in [0.5, 0.6) is 0 Å². The summed E-state index contributed by atoms with van der Waals surface area (Å²) in [6.07, 6.45) is 1.21. The van der Waals surface area contributed by atoms with E-state index in [4.69, 9.17) is 0 Å². The minimum atomic E-state index is -3.32. The highest BCUT2D eigenvalue weighted by Crippen LogP contribution is 2.25. The third-order valence-electron chi connectivity index (χ3n) is 4.20. The second kappa shape index (κ2) is 7.27. The van der Waals surface area contributed by atoms with E-state index in [9.17, 15) is 23.3 Å². The van der Waals surface area contributed by atoms with Gasteiger partial charge in [-0.25, -0.2) is 12.7 Å². The maximum Gasteiger partial charge on any atom is 0.271 e. The van der Waals surface area contributed by atoms with Gasteiger partial charge >= 0.3 is 0 Å². The minimum Gasteiger partial charge on any atom is -0.325 e. The lowest BCUT2D eigenvalue weighted by molar-refractivity contribution is -0.384. The molecule has 1 aromatic rings. The molecule has 0 aromatic heterocycles. The molecular weight excluding hydrogens is 334 g/mol. The number of non-ortho nitro benzene ring substituents is 1. The van der Waals surface area contributed by atoms with E-state index in [1.807, 2.05) is 0 Å². The van der Waals surface area contributed by atoms with Gasteiger partial charge in [0, 0.05) is 25.2 Å². The Bertz CT molecular complexity index is 747.